The second kappa shape index (κ2) is 5.56. The number of para-hydroxylation sites is 1. The van der Waals surface area contributed by atoms with Crippen LogP contribution in [-0.4, -0.2) is 5.91 Å². The highest BCUT2D eigenvalue weighted by atomic mass is 19.1. The summed E-state index contributed by atoms with van der Waals surface area (Å²) in [5.74, 6) is -2.01. The number of hydrogen-bond acceptors (Lipinski definition) is 3. The van der Waals surface area contributed by atoms with Gasteiger partial charge in [-0.2, -0.15) is 0 Å². The van der Waals surface area contributed by atoms with Crippen LogP contribution in [0.2, 0.25) is 0 Å². The summed E-state index contributed by atoms with van der Waals surface area (Å²) in [5.41, 5.74) is 11.5. The van der Waals surface area contributed by atoms with Gasteiger partial charge < -0.3 is 16.2 Å². The molecule has 0 saturated heterocycles. The molecule has 0 aliphatic rings. The topological polar surface area (TPSA) is 78.3 Å². The van der Waals surface area contributed by atoms with E-state index in [0.717, 1.165) is 18.2 Å². The molecule has 20 heavy (non-hydrogen) atoms. The van der Waals surface area contributed by atoms with Crippen LogP contribution in [0, 0.1) is 11.6 Å². The number of primary amides is 1. The maximum Gasteiger partial charge on any atom is 0.252 e. The molecule has 0 aliphatic carbocycles. The van der Waals surface area contributed by atoms with Gasteiger partial charge in [-0.1, -0.05) is 6.07 Å². The van der Waals surface area contributed by atoms with Gasteiger partial charge in [0.2, 0.25) is 0 Å². The van der Waals surface area contributed by atoms with Gasteiger partial charge in [-0.05, 0) is 29.8 Å². The predicted molar refractivity (Wildman–Crippen MR) is 70.1 cm³/mol. The molecule has 4 N–H and O–H groups in total. The minimum atomic E-state index is -0.709. The highest BCUT2D eigenvalue weighted by Gasteiger charge is 2.13. The number of halogens is 2. The lowest BCUT2D eigenvalue weighted by atomic mass is 10.1. The van der Waals surface area contributed by atoms with Crippen LogP contribution in [0.4, 0.5) is 14.5 Å². The van der Waals surface area contributed by atoms with Gasteiger partial charge in [0.15, 0.2) is 5.75 Å². The zero-order chi connectivity index (χ0) is 14.7. The number of amides is 1. The second-order valence-corrected chi connectivity index (χ2v) is 4.15. The van der Waals surface area contributed by atoms with Crippen molar-refractivity contribution in [3.05, 3.63) is 59.2 Å². The molecule has 0 unspecified atom stereocenters. The van der Waals surface area contributed by atoms with Gasteiger partial charge in [0.05, 0.1) is 11.3 Å². The van der Waals surface area contributed by atoms with E-state index in [4.69, 9.17) is 16.2 Å². The summed E-state index contributed by atoms with van der Waals surface area (Å²) in [7, 11) is 0. The molecule has 2 aromatic rings. The molecule has 104 valence electrons. The first kappa shape index (κ1) is 13.8. The van der Waals surface area contributed by atoms with Crippen molar-refractivity contribution in [2.45, 2.75) is 6.61 Å². The normalized spacial score (nSPS) is 10.3. The van der Waals surface area contributed by atoms with Gasteiger partial charge in [0, 0.05) is 6.07 Å². The van der Waals surface area contributed by atoms with E-state index in [1.807, 2.05) is 0 Å². The van der Waals surface area contributed by atoms with E-state index in [1.165, 1.54) is 12.1 Å². The predicted octanol–water partition coefficient (Wildman–Crippen LogP) is 2.22. The number of anilines is 1. The highest BCUT2D eigenvalue weighted by molar-refractivity contribution is 5.97. The first-order valence-electron chi connectivity index (χ1n) is 5.73. The molecule has 4 nitrogen and oxygen atoms in total. The fraction of sp³-hybridized carbons (Fsp3) is 0.0714. The number of benzene rings is 2. The van der Waals surface area contributed by atoms with Crippen molar-refractivity contribution in [2.75, 3.05) is 5.73 Å². The molecular formula is C14H12F2N2O2. The highest BCUT2D eigenvalue weighted by Crippen LogP contribution is 2.27. The van der Waals surface area contributed by atoms with E-state index in [-0.39, 0.29) is 29.2 Å². The van der Waals surface area contributed by atoms with Crippen LogP contribution >= 0.6 is 0 Å². The SMILES string of the molecule is NC(=O)c1cccc(N)c1OCc1cc(F)cc(F)c1. The summed E-state index contributed by atoms with van der Waals surface area (Å²) in [6, 6.07) is 7.58. The van der Waals surface area contributed by atoms with E-state index >= 15 is 0 Å². The van der Waals surface area contributed by atoms with Crippen molar-refractivity contribution in [1.29, 1.82) is 0 Å². The molecular weight excluding hydrogens is 266 g/mol. The molecule has 0 atom stereocenters. The van der Waals surface area contributed by atoms with Crippen LogP contribution in [0.25, 0.3) is 0 Å². The monoisotopic (exact) mass is 278 g/mol. The zero-order valence-electron chi connectivity index (χ0n) is 10.4. The fourth-order valence-corrected chi connectivity index (χ4v) is 1.76. The molecule has 0 saturated carbocycles. The Morgan fingerprint density at radius 3 is 2.40 bits per heavy atom. The first-order valence-corrected chi connectivity index (χ1v) is 5.73. The first-order chi connectivity index (χ1) is 9.47. The number of ether oxygens (including phenoxy) is 1. The lowest BCUT2D eigenvalue weighted by Gasteiger charge is -2.12. The number of nitrogens with two attached hydrogens (primary N) is 2. The minimum Gasteiger partial charge on any atom is -0.486 e. The number of hydrogen-bond donors (Lipinski definition) is 2. The smallest absolute Gasteiger partial charge is 0.252 e. The van der Waals surface area contributed by atoms with Gasteiger partial charge in [-0.15, -0.1) is 0 Å². The van der Waals surface area contributed by atoms with Crippen LogP contribution in [0.1, 0.15) is 15.9 Å². The van der Waals surface area contributed by atoms with Crippen molar-refractivity contribution in [3.63, 3.8) is 0 Å². The average molecular weight is 278 g/mol. The van der Waals surface area contributed by atoms with Crippen molar-refractivity contribution in [3.8, 4) is 5.75 Å². The summed E-state index contributed by atoms with van der Waals surface area (Å²) < 4.78 is 31.5. The van der Waals surface area contributed by atoms with E-state index in [2.05, 4.69) is 0 Å². The van der Waals surface area contributed by atoms with Gasteiger partial charge in [0.1, 0.15) is 18.2 Å². The number of nitrogen functional groups attached to an aromatic ring is 1. The molecule has 1 amide bonds. The number of carbonyl (C=O) groups is 1. The standard InChI is InChI=1S/C14H12F2N2O2/c15-9-4-8(5-10(16)6-9)7-20-13-11(14(18)19)2-1-3-12(13)17/h1-6H,7,17H2,(H2,18,19). The van der Waals surface area contributed by atoms with Gasteiger partial charge in [-0.3, -0.25) is 4.79 Å². The Hall–Kier alpha value is -2.63. The largest absolute Gasteiger partial charge is 0.486 e. The van der Waals surface area contributed by atoms with Crippen molar-refractivity contribution in [2.24, 2.45) is 5.73 Å². The summed E-state index contributed by atoms with van der Waals surface area (Å²) in [6.45, 7) is -0.136. The Morgan fingerprint density at radius 2 is 1.80 bits per heavy atom. The second-order valence-electron chi connectivity index (χ2n) is 4.15. The summed E-state index contributed by atoms with van der Waals surface area (Å²) in [4.78, 5) is 11.3. The molecule has 2 rings (SSSR count). The molecule has 0 radical (unpaired) electrons. The quantitative estimate of drug-likeness (QED) is 0.842. The van der Waals surface area contributed by atoms with Gasteiger partial charge >= 0.3 is 0 Å². The van der Waals surface area contributed by atoms with E-state index in [0.29, 0.717) is 0 Å². The third kappa shape index (κ3) is 3.03. The zero-order valence-corrected chi connectivity index (χ0v) is 10.4. The van der Waals surface area contributed by atoms with Gasteiger partial charge in [-0.25, -0.2) is 8.78 Å². The molecule has 0 heterocycles. The van der Waals surface area contributed by atoms with Crippen LogP contribution in [0.15, 0.2) is 36.4 Å². The summed E-state index contributed by atoms with van der Waals surface area (Å²) in [5, 5.41) is 0. The molecule has 6 heteroatoms. The molecule has 0 fully saturated rings. The molecule has 2 aromatic carbocycles. The Balaban J connectivity index is 2.25. The number of rotatable bonds is 4. The molecule has 0 bridgehead atoms. The van der Waals surface area contributed by atoms with E-state index in [1.54, 1.807) is 6.07 Å². The van der Waals surface area contributed by atoms with Crippen LogP contribution < -0.4 is 16.2 Å². The average Bonchev–Trinajstić information content (AvgIpc) is 2.35. The summed E-state index contributed by atoms with van der Waals surface area (Å²) in [6.07, 6.45) is 0. The van der Waals surface area contributed by atoms with Gasteiger partial charge in [0.25, 0.3) is 5.91 Å². The van der Waals surface area contributed by atoms with E-state index < -0.39 is 17.5 Å². The van der Waals surface area contributed by atoms with Crippen molar-refractivity contribution < 1.29 is 18.3 Å². The molecule has 0 aromatic heterocycles. The minimum absolute atomic E-state index is 0.102. The Kier molecular flexibility index (Phi) is 3.84. The Bertz CT molecular complexity index is 639. The fourth-order valence-electron chi connectivity index (χ4n) is 1.76. The third-order valence-electron chi connectivity index (χ3n) is 2.62. The molecule has 0 aliphatic heterocycles. The van der Waals surface area contributed by atoms with E-state index in [9.17, 15) is 13.6 Å². The maximum atomic E-state index is 13.0. The van der Waals surface area contributed by atoms with Crippen molar-refractivity contribution >= 4 is 11.6 Å². The Morgan fingerprint density at radius 1 is 1.15 bits per heavy atom. The molecule has 0 spiro atoms. The van der Waals surface area contributed by atoms with Crippen LogP contribution in [0.3, 0.4) is 0 Å². The number of carbonyl (C=O) groups excluding carboxylic acids is 1. The van der Waals surface area contributed by atoms with Crippen LogP contribution in [-0.2, 0) is 6.61 Å². The lowest BCUT2D eigenvalue weighted by molar-refractivity contribution is 0.0996. The third-order valence-corrected chi connectivity index (χ3v) is 2.62. The Labute approximate surface area is 114 Å². The van der Waals surface area contributed by atoms with Crippen LogP contribution in [0.5, 0.6) is 5.75 Å². The van der Waals surface area contributed by atoms with Crippen molar-refractivity contribution in [1.82, 2.24) is 0 Å². The summed E-state index contributed by atoms with van der Waals surface area (Å²) >= 11 is 0. The maximum absolute atomic E-state index is 13.0. The lowest BCUT2D eigenvalue weighted by Crippen LogP contribution is -2.14.